The fourth-order valence-corrected chi connectivity index (χ4v) is 6.90. The highest BCUT2D eigenvalue weighted by atomic mass is 15.1. The van der Waals surface area contributed by atoms with Crippen molar-refractivity contribution in [2.45, 2.75) is 0 Å². The molecule has 3 aromatic heterocycles. The number of fused-ring (bicyclic) bond motifs is 3. The molecule has 0 atom stereocenters. The molecule has 0 N–H and O–H groups in total. The van der Waals surface area contributed by atoms with Gasteiger partial charge in [0.2, 0.25) is 0 Å². The maximum atomic E-state index is 9.73. The van der Waals surface area contributed by atoms with E-state index in [2.05, 4.69) is 70.2 Å². The van der Waals surface area contributed by atoms with E-state index >= 15 is 0 Å². The van der Waals surface area contributed by atoms with Crippen molar-refractivity contribution >= 4 is 21.8 Å². The lowest BCUT2D eigenvalue weighted by atomic mass is 9.99. The molecule has 246 valence electrons. The molecule has 7 heteroatoms. The molecule has 0 fully saturated rings. The fourth-order valence-electron chi connectivity index (χ4n) is 6.90. The van der Waals surface area contributed by atoms with E-state index in [1.807, 2.05) is 97.1 Å². The first-order valence-corrected chi connectivity index (χ1v) is 17.1. The second-order valence-electron chi connectivity index (χ2n) is 12.6. The number of aromatic nitrogens is 5. The van der Waals surface area contributed by atoms with Crippen LogP contribution in [0.3, 0.4) is 0 Å². The molecule has 53 heavy (non-hydrogen) atoms. The number of rotatable bonds is 6. The molecule has 0 amide bonds. The second-order valence-corrected chi connectivity index (χ2v) is 12.6. The number of para-hydroxylation sites is 1. The van der Waals surface area contributed by atoms with Gasteiger partial charge in [-0.15, -0.1) is 0 Å². The predicted molar refractivity (Wildman–Crippen MR) is 209 cm³/mol. The molecule has 9 rings (SSSR count). The SMILES string of the molecule is N#Cc1cc(C#N)cc(-c2ccc3c4ccccc4n(-c4ccc(-c5ccncc5)cc4-c4nc(-c5ccccc5)nc(-c5ccccc5)n4)c3c2)c1. The average molecular weight is 678 g/mol. The number of benzene rings is 6. The highest BCUT2D eigenvalue weighted by Crippen LogP contribution is 2.39. The van der Waals surface area contributed by atoms with Gasteiger partial charge in [0, 0.05) is 39.9 Å². The molecule has 0 aliphatic carbocycles. The number of pyridine rings is 1. The van der Waals surface area contributed by atoms with Gasteiger partial charge in [0.25, 0.3) is 0 Å². The molecule has 7 nitrogen and oxygen atoms in total. The summed E-state index contributed by atoms with van der Waals surface area (Å²) < 4.78 is 2.26. The highest BCUT2D eigenvalue weighted by molar-refractivity contribution is 6.10. The third-order valence-corrected chi connectivity index (χ3v) is 9.39. The van der Waals surface area contributed by atoms with E-state index in [0.29, 0.717) is 28.6 Å². The van der Waals surface area contributed by atoms with Crippen LogP contribution >= 0.6 is 0 Å². The number of hydrogen-bond donors (Lipinski definition) is 0. The van der Waals surface area contributed by atoms with Crippen LogP contribution in [-0.4, -0.2) is 24.5 Å². The van der Waals surface area contributed by atoms with Crippen molar-refractivity contribution in [3.63, 3.8) is 0 Å². The van der Waals surface area contributed by atoms with Gasteiger partial charge in [-0.2, -0.15) is 10.5 Å². The Bertz CT molecular complexity index is 2810. The summed E-state index contributed by atoms with van der Waals surface area (Å²) in [6.07, 6.45) is 3.58. The van der Waals surface area contributed by atoms with Crippen LogP contribution in [0.1, 0.15) is 11.1 Å². The van der Waals surface area contributed by atoms with Gasteiger partial charge in [-0.3, -0.25) is 4.98 Å². The van der Waals surface area contributed by atoms with Crippen molar-refractivity contribution < 1.29 is 0 Å². The van der Waals surface area contributed by atoms with Crippen LogP contribution in [0, 0.1) is 22.7 Å². The molecule has 0 saturated heterocycles. The van der Waals surface area contributed by atoms with Crippen LogP contribution in [0.15, 0.2) is 164 Å². The summed E-state index contributed by atoms with van der Waals surface area (Å²) in [6, 6.07) is 54.6. The summed E-state index contributed by atoms with van der Waals surface area (Å²) in [4.78, 5) is 19.5. The quantitative estimate of drug-likeness (QED) is 0.173. The van der Waals surface area contributed by atoms with E-state index in [0.717, 1.165) is 66.4 Å². The summed E-state index contributed by atoms with van der Waals surface area (Å²) in [5.41, 5.74) is 10.0. The van der Waals surface area contributed by atoms with E-state index in [4.69, 9.17) is 15.0 Å². The molecule has 9 aromatic rings. The Hall–Kier alpha value is -7.74. The topological polar surface area (TPSA) is 104 Å². The van der Waals surface area contributed by atoms with Crippen LogP contribution in [0.5, 0.6) is 0 Å². The summed E-state index contributed by atoms with van der Waals surface area (Å²) in [7, 11) is 0. The lowest BCUT2D eigenvalue weighted by Gasteiger charge is -2.16. The van der Waals surface area contributed by atoms with Crippen molar-refractivity contribution in [1.82, 2.24) is 24.5 Å². The first-order valence-electron chi connectivity index (χ1n) is 17.1. The molecule has 0 unspecified atom stereocenters. The van der Waals surface area contributed by atoms with Crippen molar-refractivity contribution in [2.24, 2.45) is 0 Å². The third-order valence-electron chi connectivity index (χ3n) is 9.39. The Morgan fingerprint density at radius 1 is 0.415 bits per heavy atom. The third kappa shape index (κ3) is 5.75. The van der Waals surface area contributed by atoms with Crippen LogP contribution in [0.2, 0.25) is 0 Å². The van der Waals surface area contributed by atoms with E-state index in [-0.39, 0.29) is 0 Å². The van der Waals surface area contributed by atoms with Gasteiger partial charge in [0.15, 0.2) is 17.5 Å². The van der Waals surface area contributed by atoms with Crippen LogP contribution in [0.25, 0.3) is 83.9 Å². The van der Waals surface area contributed by atoms with Crippen LogP contribution < -0.4 is 0 Å². The van der Waals surface area contributed by atoms with Gasteiger partial charge in [0.1, 0.15) is 0 Å². The van der Waals surface area contributed by atoms with Crippen molar-refractivity contribution in [3.05, 3.63) is 175 Å². The Morgan fingerprint density at radius 3 is 1.64 bits per heavy atom. The Morgan fingerprint density at radius 2 is 0.981 bits per heavy atom. The lowest BCUT2D eigenvalue weighted by Crippen LogP contribution is -2.04. The van der Waals surface area contributed by atoms with Gasteiger partial charge in [-0.05, 0) is 76.9 Å². The fraction of sp³-hybridized carbons (Fsp3) is 0. The Labute approximate surface area is 305 Å². The minimum absolute atomic E-state index is 0.437. The first-order chi connectivity index (χ1) is 26.2. The maximum absolute atomic E-state index is 9.73. The van der Waals surface area contributed by atoms with E-state index in [9.17, 15) is 10.5 Å². The van der Waals surface area contributed by atoms with E-state index in [1.54, 1.807) is 18.5 Å². The minimum Gasteiger partial charge on any atom is -0.308 e. The van der Waals surface area contributed by atoms with Crippen molar-refractivity contribution in [2.75, 3.05) is 0 Å². The van der Waals surface area contributed by atoms with Crippen LogP contribution in [-0.2, 0) is 0 Å². The average Bonchev–Trinajstić information content (AvgIpc) is 3.57. The summed E-state index contributed by atoms with van der Waals surface area (Å²) in [5.74, 6) is 1.68. The van der Waals surface area contributed by atoms with Crippen molar-refractivity contribution in [1.29, 1.82) is 10.5 Å². The zero-order valence-corrected chi connectivity index (χ0v) is 28.2. The summed E-state index contributed by atoms with van der Waals surface area (Å²) in [6.45, 7) is 0. The molecule has 3 heterocycles. The highest BCUT2D eigenvalue weighted by Gasteiger charge is 2.21. The van der Waals surface area contributed by atoms with Gasteiger partial charge < -0.3 is 4.57 Å². The second kappa shape index (κ2) is 13.2. The minimum atomic E-state index is 0.437. The predicted octanol–water partition coefficient (Wildman–Crippen LogP) is 10.4. The zero-order chi connectivity index (χ0) is 35.7. The number of hydrogen-bond acceptors (Lipinski definition) is 6. The van der Waals surface area contributed by atoms with Crippen LogP contribution in [0.4, 0.5) is 0 Å². The largest absolute Gasteiger partial charge is 0.308 e. The van der Waals surface area contributed by atoms with Gasteiger partial charge in [-0.25, -0.2) is 15.0 Å². The molecular formula is C46H27N7. The standard InChI is InChI=1S/C46H27N7/c47-28-30-23-31(29-48)25-37(24-30)36-15-17-39-38-13-7-8-14-41(38)53(43(39)27-36)42-18-16-35(32-19-21-49-22-20-32)26-40(42)46-51-44(33-9-3-1-4-10-33)50-45(52-46)34-11-5-2-6-12-34/h1-27H. The molecule has 0 aliphatic rings. The molecule has 0 aliphatic heterocycles. The monoisotopic (exact) mass is 677 g/mol. The first kappa shape index (κ1) is 31.3. The number of nitriles is 2. The zero-order valence-electron chi connectivity index (χ0n) is 28.2. The lowest BCUT2D eigenvalue weighted by molar-refractivity contribution is 1.06. The normalized spacial score (nSPS) is 11.0. The van der Waals surface area contributed by atoms with Gasteiger partial charge in [-0.1, -0.05) is 97.1 Å². The summed E-state index contributed by atoms with van der Waals surface area (Å²) in [5, 5.41) is 21.6. The molecule has 0 bridgehead atoms. The van der Waals surface area contributed by atoms with Crippen molar-refractivity contribution in [3.8, 4) is 74.2 Å². The van der Waals surface area contributed by atoms with Gasteiger partial charge in [0.05, 0.1) is 40.0 Å². The van der Waals surface area contributed by atoms with E-state index < -0.39 is 0 Å². The molecule has 6 aromatic carbocycles. The molecule has 0 saturated carbocycles. The maximum Gasteiger partial charge on any atom is 0.166 e. The van der Waals surface area contributed by atoms with E-state index in [1.165, 1.54) is 0 Å². The molecule has 0 spiro atoms. The molecule has 0 radical (unpaired) electrons. The summed E-state index contributed by atoms with van der Waals surface area (Å²) >= 11 is 0. The Kier molecular flexibility index (Phi) is 7.78. The smallest absolute Gasteiger partial charge is 0.166 e. The number of nitrogens with zero attached hydrogens (tertiary/aromatic N) is 7. The van der Waals surface area contributed by atoms with Gasteiger partial charge >= 0.3 is 0 Å². The molecular weight excluding hydrogens is 651 g/mol. The Balaban J connectivity index is 1.35.